The molecule has 196 valence electrons. The molecular weight excluding hydrogens is 532 g/mol. The van der Waals surface area contributed by atoms with Crippen LogP contribution in [0, 0.1) is 5.92 Å². The second-order valence-corrected chi connectivity index (χ2v) is 12.3. The van der Waals surface area contributed by atoms with E-state index in [0.29, 0.717) is 25.6 Å². The highest BCUT2D eigenvalue weighted by Crippen LogP contribution is 2.37. The minimum atomic E-state index is -0.493. The fourth-order valence-corrected chi connectivity index (χ4v) is 5.96. The van der Waals surface area contributed by atoms with Gasteiger partial charge in [0.25, 0.3) is 0 Å². The third-order valence-electron chi connectivity index (χ3n) is 7.55. The van der Waals surface area contributed by atoms with Crippen molar-refractivity contribution in [2.45, 2.75) is 71.6 Å². The Kier molecular flexibility index (Phi) is 6.59. The van der Waals surface area contributed by atoms with Gasteiger partial charge in [0.15, 0.2) is 0 Å². The number of nitrogens with zero attached hydrogens (tertiary/aromatic N) is 4. The predicted octanol–water partition coefficient (Wildman–Crippen LogP) is 6.38. The van der Waals surface area contributed by atoms with E-state index in [0.717, 1.165) is 45.7 Å². The van der Waals surface area contributed by atoms with E-state index in [9.17, 15) is 9.59 Å². The number of benzene rings is 1. The van der Waals surface area contributed by atoms with Crippen molar-refractivity contribution in [3.05, 3.63) is 63.2 Å². The number of carbonyl (C=O) groups excluding carboxylic acids is 1. The first-order chi connectivity index (χ1) is 17.5. The van der Waals surface area contributed by atoms with Crippen LogP contribution in [-0.4, -0.2) is 43.8 Å². The van der Waals surface area contributed by atoms with E-state index in [4.69, 9.17) is 4.74 Å². The lowest BCUT2D eigenvalue weighted by Crippen LogP contribution is -2.42. The van der Waals surface area contributed by atoms with Crippen molar-refractivity contribution in [1.82, 2.24) is 19.0 Å². The molecule has 0 N–H and O–H groups in total. The van der Waals surface area contributed by atoms with Gasteiger partial charge in [0.05, 0.1) is 28.3 Å². The van der Waals surface area contributed by atoms with Crippen molar-refractivity contribution in [1.29, 1.82) is 0 Å². The topological polar surface area (TPSA) is 69.4 Å². The maximum Gasteiger partial charge on any atom is 0.410 e. The highest BCUT2D eigenvalue weighted by Gasteiger charge is 2.33. The molecule has 8 heteroatoms. The van der Waals surface area contributed by atoms with Gasteiger partial charge in [-0.05, 0) is 83.6 Å². The summed E-state index contributed by atoms with van der Waals surface area (Å²) in [5.41, 5.74) is 2.96. The monoisotopic (exact) mass is 566 g/mol. The Labute approximate surface area is 225 Å². The molecule has 5 rings (SSSR count). The van der Waals surface area contributed by atoms with E-state index in [1.54, 1.807) is 0 Å². The Bertz CT molecular complexity index is 1480. The van der Waals surface area contributed by atoms with Gasteiger partial charge in [-0.2, -0.15) is 0 Å². The average molecular weight is 568 g/mol. The maximum absolute atomic E-state index is 13.7. The van der Waals surface area contributed by atoms with Crippen LogP contribution in [-0.2, 0) is 16.8 Å². The Morgan fingerprint density at radius 3 is 2.59 bits per heavy atom. The van der Waals surface area contributed by atoms with Gasteiger partial charge in [-0.3, -0.25) is 14.1 Å². The summed E-state index contributed by atoms with van der Waals surface area (Å²) in [6.07, 6.45) is 10.8. The number of imidazole rings is 1. The fourth-order valence-electron chi connectivity index (χ4n) is 5.60. The molecular formula is C29H35BrN4O3. The van der Waals surface area contributed by atoms with Crippen LogP contribution in [0.3, 0.4) is 0 Å². The number of ether oxygens (including phenoxy) is 1. The standard InChI is InChI=1S/C29H35BrN4O3/c1-6-33-24-18-31-23-8-7-21(30)17-22(23)25(24)34(26(33)35)29(5)13-9-19(10-14-29)20-11-15-32(16-12-20)27(36)37-28(2,3)4/h7-10,13,17-18,20H,6,11-12,14-16H2,1-5H3. The zero-order chi connectivity index (χ0) is 26.5. The molecule has 0 radical (unpaired) electrons. The number of fused-ring (bicyclic) bond motifs is 3. The average Bonchev–Trinajstić information content (AvgIpc) is 3.15. The van der Waals surface area contributed by atoms with Gasteiger partial charge in [0.2, 0.25) is 0 Å². The van der Waals surface area contributed by atoms with E-state index in [-0.39, 0.29) is 11.8 Å². The number of aryl methyl sites for hydroxylation is 1. The third kappa shape index (κ3) is 4.76. The molecule has 2 aliphatic rings. The van der Waals surface area contributed by atoms with Crippen molar-refractivity contribution < 1.29 is 9.53 Å². The zero-order valence-corrected chi connectivity index (χ0v) is 23.8. The lowest BCUT2D eigenvalue weighted by atomic mass is 9.82. The van der Waals surface area contributed by atoms with Gasteiger partial charge in [-0.15, -0.1) is 0 Å². The lowest BCUT2D eigenvalue weighted by molar-refractivity contribution is 0.0195. The molecule has 1 aliphatic heterocycles. The van der Waals surface area contributed by atoms with Gasteiger partial charge in [0, 0.05) is 29.5 Å². The first kappa shape index (κ1) is 25.8. The van der Waals surface area contributed by atoms with Crippen molar-refractivity contribution in [2.24, 2.45) is 5.92 Å². The quantitative estimate of drug-likeness (QED) is 0.368. The van der Waals surface area contributed by atoms with Crippen LogP contribution in [0.5, 0.6) is 0 Å². The molecule has 3 heterocycles. The summed E-state index contributed by atoms with van der Waals surface area (Å²) in [5, 5.41) is 0.968. The molecule has 1 aromatic carbocycles. The molecule has 0 spiro atoms. The Morgan fingerprint density at radius 2 is 1.97 bits per heavy atom. The van der Waals surface area contributed by atoms with Crippen LogP contribution >= 0.6 is 15.9 Å². The summed E-state index contributed by atoms with van der Waals surface area (Å²) in [4.78, 5) is 32.6. The van der Waals surface area contributed by atoms with Crippen molar-refractivity contribution in [3.63, 3.8) is 0 Å². The molecule has 1 unspecified atom stereocenters. The second kappa shape index (κ2) is 9.46. The molecule has 1 aliphatic carbocycles. The molecule has 1 fully saturated rings. The molecule has 0 bridgehead atoms. The van der Waals surface area contributed by atoms with Gasteiger partial charge in [0.1, 0.15) is 5.60 Å². The minimum absolute atomic E-state index is 0.0126. The summed E-state index contributed by atoms with van der Waals surface area (Å²) in [7, 11) is 0. The van der Waals surface area contributed by atoms with Crippen LogP contribution < -0.4 is 5.69 Å². The summed E-state index contributed by atoms with van der Waals surface area (Å²) in [5.74, 6) is 0.397. The van der Waals surface area contributed by atoms with Gasteiger partial charge < -0.3 is 9.64 Å². The van der Waals surface area contributed by atoms with Gasteiger partial charge >= 0.3 is 11.8 Å². The first-order valence-electron chi connectivity index (χ1n) is 13.1. The molecule has 7 nitrogen and oxygen atoms in total. The highest BCUT2D eigenvalue weighted by molar-refractivity contribution is 9.10. The summed E-state index contributed by atoms with van der Waals surface area (Å²) in [6.45, 7) is 11.8. The smallest absolute Gasteiger partial charge is 0.410 e. The van der Waals surface area contributed by atoms with Crippen LogP contribution in [0.2, 0.25) is 0 Å². The second-order valence-electron chi connectivity index (χ2n) is 11.4. The number of pyridine rings is 1. The number of carbonyl (C=O) groups is 1. The molecule has 3 aromatic rings. The van der Waals surface area contributed by atoms with Crippen LogP contribution in [0.4, 0.5) is 4.79 Å². The molecule has 1 amide bonds. The minimum Gasteiger partial charge on any atom is -0.444 e. The third-order valence-corrected chi connectivity index (χ3v) is 8.04. The molecule has 1 saturated heterocycles. The number of piperidine rings is 1. The first-order valence-corrected chi connectivity index (χ1v) is 13.9. The Hall–Kier alpha value is -2.87. The van der Waals surface area contributed by atoms with E-state index in [1.807, 2.05) is 60.1 Å². The largest absolute Gasteiger partial charge is 0.444 e. The number of amides is 1. The summed E-state index contributed by atoms with van der Waals surface area (Å²) < 4.78 is 10.3. The lowest BCUT2D eigenvalue weighted by Gasteiger charge is -2.36. The number of allylic oxidation sites excluding steroid dienone is 4. The van der Waals surface area contributed by atoms with Gasteiger partial charge in [-0.1, -0.05) is 34.2 Å². The summed E-state index contributed by atoms with van der Waals surface area (Å²) >= 11 is 3.60. The number of hydrogen-bond acceptors (Lipinski definition) is 4. The van der Waals surface area contributed by atoms with Crippen LogP contribution in [0.1, 0.15) is 53.9 Å². The number of hydrogen-bond donors (Lipinski definition) is 0. The van der Waals surface area contributed by atoms with Crippen molar-refractivity contribution in [2.75, 3.05) is 13.1 Å². The van der Waals surface area contributed by atoms with E-state index in [1.165, 1.54) is 5.57 Å². The van der Waals surface area contributed by atoms with Gasteiger partial charge in [-0.25, -0.2) is 9.59 Å². The zero-order valence-electron chi connectivity index (χ0n) is 22.3. The maximum atomic E-state index is 13.7. The van der Waals surface area contributed by atoms with E-state index in [2.05, 4.69) is 52.1 Å². The van der Waals surface area contributed by atoms with Crippen LogP contribution in [0.25, 0.3) is 21.9 Å². The number of rotatable bonds is 3. The fraction of sp³-hybridized carbons (Fsp3) is 0.483. The Morgan fingerprint density at radius 1 is 1.24 bits per heavy atom. The molecule has 1 atom stereocenters. The van der Waals surface area contributed by atoms with Crippen molar-refractivity contribution >= 4 is 44.0 Å². The Balaban J connectivity index is 1.42. The molecule has 2 aromatic heterocycles. The normalized spacial score (nSPS) is 21.0. The SMILES string of the molecule is CCn1c(=O)n(C2(C)C=CC(C3CCN(C(=O)OC(C)(C)C)CC3)=CC2)c2c3cc(Br)ccc3ncc21. The number of aromatic nitrogens is 3. The predicted molar refractivity (Wildman–Crippen MR) is 151 cm³/mol. The number of likely N-dealkylation sites (tertiary alicyclic amines) is 1. The highest BCUT2D eigenvalue weighted by atomic mass is 79.9. The molecule has 0 saturated carbocycles. The molecule has 37 heavy (non-hydrogen) atoms. The van der Waals surface area contributed by atoms with E-state index >= 15 is 0 Å². The van der Waals surface area contributed by atoms with E-state index < -0.39 is 11.1 Å². The number of halogens is 1. The van der Waals surface area contributed by atoms with Crippen molar-refractivity contribution in [3.8, 4) is 0 Å². The van der Waals surface area contributed by atoms with Crippen LogP contribution in [0.15, 0.2) is 57.5 Å². The summed E-state index contributed by atoms with van der Waals surface area (Å²) in [6, 6.07) is 6.01.